The zero-order valence-corrected chi connectivity index (χ0v) is 16.0. The molecular weight excluding hydrogens is 336 g/mol. The van der Waals surface area contributed by atoms with E-state index in [2.05, 4.69) is 26.1 Å². The average molecular weight is 360 g/mol. The molecule has 2 aromatic rings. The van der Waals surface area contributed by atoms with E-state index in [0.29, 0.717) is 11.4 Å². The SMILES string of the molecule is CC(=O)Nc1ccc(S(=O)(=O)N(C)c2ccccc2C(C)(C)C)cc1. The molecule has 0 aliphatic heterocycles. The molecular formula is C19H24N2O3S. The molecule has 2 rings (SSSR count). The lowest BCUT2D eigenvalue weighted by molar-refractivity contribution is -0.114. The number of anilines is 2. The van der Waals surface area contributed by atoms with E-state index in [1.807, 2.05) is 24.3 Å². The Bertz CT molecular complexity index is 866. The van der Waals surface area contributed by atoms with E-state index in [1.54, 1.807) is 19.2 Å². The monoisotopic (exact) mass is 360 g/mol. The quantitative estimate of drug-likeness (QED) is 0.902. The number of carbonyl (C=O) groups excluding carboxylic acids is 1. The van der Waals surface area contributed by atoms with Crippen molar-refractivity contribution in [3.63, 3.8) is 0 Å². The van der Waals surface area contributed by atoms with Gasteiger partial charge in [0.05, 0.1) is 10.6 Å². The highest BCUT2D eigenvalue weighted by atomic mass is 32.2. The number of nitrogens with one attached hydrogen (secondary N) is 1. The molecule has 0 heterocycles. The van der Waals surface area contributed by atoms with Crippen molar-refractivity contribution in [3.8, 4) is 0 Å². The van der Waals surface area contributed by atoms with Crippen LogP contribution < -0.4 is 9.62 Å². The maximum absolute atomic E-state index is 13.0. The summed E-state index contributed by atoms with van der Waals surface area (Å²) >= 11 is 0. The van der Waals surface area contributed by atoms with E-state index >= 15 is 0 Å². The Morgan fingerprint density at radius 1 is 1.00 bits per heavy atom. The molecule has 25 heavy (non-hydrogen) atoms. The maximum atomic E-state index is 13.0. The van der Waals surface area contributed by atoms with E-state index in [1.165, 1.54) is 23.4 Å². The molecule has 0 saturated carbocycles. The molecule has 0 bridgehead atoms. The van der Waals surface area contributed by atoms with Crippen LogP contribution in [0.25, 0.3) is 0 Å². The average Bonchev–Trinajstić information content (AvgIpc) is 2.53. The van der Waals surface area contributed by atoms with Crippen molar-refractivity contribution in [3.05, 3.63) is 54.1 Å². The predicted molar refractivity (Wildman–Crippen MR) is 101 cm³/mol. The van der Waals surface area contributed by atoms with Gasteiger partial charge in [0, 0.05) is 19.7 Å². The fourth-order valence-electron chi connectivity index (χ4n) is 2.58. The fraction of sp³-hybridized carbons (Fsp3) is 0.316. The Kier molecular flexibility index (Phi) is 5.23. The Morgan fingerprint density at radius 3 is 2.08 bits per heavy atom. The summed E-state index contributed by atoms with van der Waals surface area (Å²) in [5.41, 5.74) is 1.98. The molecule has 1 amide bonds. The number of carbonyl (C=O) groups is 1. The van der Waals surface area contributed by atoms with Crippen LogP contribution in [0.3, 0.4) is 0 Å². The number of hydrogen-bond acceptors (Lipinski definition) is 3. The zero-order valence-electron chi connectivity index (χ0n) is 15.2. The Balaban J connectivity index is 2.42. The smallest absolute Gasteiger partial charge is 0.264 e. The van der Waals surface area contributed by atoms with Crippen LogP contribution in [-0.2, 0) is 20.2 Å². The Morgan fingerprint density at radius 2 is 1.56 bits per heavy atom. The van der Waals surface area contributed by atoms with Gasteiger partial charge in [0.15, 0.2) is 0 Å². The molecule has 0 atom stereocenters. The topological polar surface area (TPSA) is 66.5 Å². The van der Waals surface area contributed by atoms with Crippen LogP contribution in [0.4, 0.5) is 11.4 Å². The maximum Gasteiger partial charge on any atom is 0.264 e. The third-order valence-electron chi connectivity index (χ3n) is 3.88. The van der Waals surface area contributed by atoms with Crippen LogP contribution in [0.15, 0.2) is 53.4 Å². The van der Waals surface area contributed by atoms with Gasteiger partial charge in [0.1, 0.15) is 0 Å². The highest BCUT2D eigenvalue weighted by molar-refractivity contribution is 7.92. The van der Waals surface area contributed by atoms with E-state index in [4.69, 9.17) is 0 Å². The highest BCUT2D eigenvalue weighted by Crippen LogP contribution is 2.33. The molecule has 0 radical (unpaired) electrons. The summed E-state index contributed by atoms with van der Waals surface area (Å²) in [7, 11) is -2.14. The van der Waals surface area contributed by atoms with Gasteiger partial charge in [-0.05, 0) is 41.3 Å². The minimum absolute atomic E-state index is 0.174. The Labute approximate surface area is 149 Å². The lowest BCUT2D eigenvalue weighted by Gasteiger charge is -2.28. The molecule has 0 spiro atoms. The second-order valence-electron chi connectivity index (χ2n) is 6.95. The van der Waals surface area contributed by atoms with E-state index in [9.17, 15) is 13.2 Å². The zero-order chi connectivity index (χ0) is 18.8. The van der Waals surface area contributed by atoms with Crippen molar-refractivity contribution in [2.24, 2.45) is 0 Å². The molecule has 0 aromatic heterocycles. The van der Waals surface area contributed by atoms with E-state index in [-0.39, 0.29) is 16.2 Å². The standard InChI is InChI=1S/C19H24N2O3S/c1-14(22)20-15-10-12-16(13-11-15)25(23,24)21(5)18-9-7-6-8-17(18)19(2,3)4/h6-13H,1-5H3,(H,20,22). The molecule has 5 nitrogen and oxygen atoms in total. The largest absolute Gasteiger partial charge is 0.326 e. The third-order valence-corrected chi connectivity index (χ3v) is 5.67. The normalized spacial score (nSPS) is 11.9. The van der Waals surface area contributed by atoms with Gasteiger partial charge in [-0.25, -0.2) is 8.42 Å². The summed E-state index contributed by atoms with van der Waals surface area (Å²) in [4.78, 5) is 11.3. The van der Waals surface area contributed by atoms with Gasteiger partial charge >= 0.3 is 0 Å². The van der Waals surface area contributed by atoms with E-state index in [0.717, 1.165) is 5.56 Å². The molecule has 0 fully saturated rings. The van der Waals surface area contributed by atoms with Crippen LogP contribution in [-0.4, -0.2) is 21.4 Å². The summed E-state index contributed by atoms with van der Waals surface area (Å²) in [6.07, 6.45) is 0. The molecule has 6 heteroatoms. The van der Waals surface area contributed by atoms with Crippen molar-refractivity contribution < 1.29 is 13.2 Å². The van der Waals surface area contributed by atoms with Crippen molar-refractivity contribution >= 4 is 27.3 Å². The van der Waals surface area contributed by atoms with Crippen molar-refractivity contribution in [1.29, 1.82) is 0 Å². The molecule has 0 saturated heterocycles. The first-order chi connectivity index (χ1) is 11.5. The minimum Gasteiger partial charge on any atom is -0.326 e. The van der Waals surface area contributed by atoms with Crippen LogP contribution in [0.1, 0.15) is 33.3 Å². The summed E-state index contributed by atoms with van der Waals surface area (Å²) in [5, 5.41) is 2.63. The van der Waals surface area contributed by atoms with Gasteiger partial charge < -0.3 is 5.32 Å². The third kappa shape index (κ3) is 4.20. The van der Waals surface area contributed by atoms with Crippen LogP contribution >= 0.6 is 0 Å². The number of nitrogens with zero attached hydrogens (tertiary/aromatic N) is 1. The molecule has 0 aliphatic rings. The molecule has 1 N–H and O–H groups in total. The summed E-state index contributed by atoms with van der Waals surface area (Å²) < 4.78 is 27.3. The number of para-hydroxylation sites is 1. The molecule has 2 aromatic carbocycles. The van der Waals surface area contributed by atoms with Gasteiger partial charge in [-0.15, -0.1) is 0 Å². The number of rotatable bonds is 4. The van der Waals surface area contributed by atoms with Gasteiger partial charge in [0.25, 0.3) is 10.0 Å². The second-order valence-corrected chi connectivity index (χ2v) is 8.91. The van der Waals surface area contributed by atoms with Gasteiger partial charge in [0.2, 0.25) is 5.91 Å². The van der Waals surface area contributed by atoms with Crippen molar-refractivity contribution in [2.75, 3.05) is 16.7 Å². The van der Waals surface area contributed by atoms with Crippen LogP contribution in [0.2, 0.25) is 0 Å². The first-order valence-electron chi connectivity index (χ1n) is 7.99. The van der Waals surface area contributed by atoms with Crippen molar-refractivity contribution in [1.82, 2.24) is 0 Å². The van der Waals surface area contributed by atoms with Gasteiger partial charge in [-0.2, -0.15) is 0 Å². The first-order valence-corrected chi connectivity index (χ1v) is 9.43. The van der Waals surface area contributed by atoms with Crippen LogP contribution in [0, 0.1) is 0 Å². The second kappa shape index (κ2) is 6.88. The van der Waals surface area contributed by atoms with Gasteiger partial charge in [-0.3, -0.25) is 9.10 Å². The predicted octanol–water partition coefficient (Wildman–Crippen LogP) is 3.77. The first kappa shape index (κ1) is 19.0. The molecule has 0 unspecified atom stereocenters. The Hall–Kier alpha value is -2.34. The summed E-state index contributed by atoms with van der Waals surface area (Å²) in [6, 6.07) is 13.7. The summed E-state index contributed by atoms with van der Waals surface area (Å²) in [6.45, 7) is 7.55. The molecule has 0 aliphatic carbocycles. The number of sulfonamides is 1. The lowest BCUT2D eigenvalue weighted by Crippen LogP contribution is -2.29. The number of benzene rings is 2. The number of amides is 1. The molecule has 134 valence electrons. The lowest BCUT2D eigenvalue weighted by atomic mass is 9.86. The van der Waals surface area contributed by atoms with Crippen LogP contribution in [0.5, 0.6) is 0 Å². The fourth-order valence-corrected chi connectivity index (χ4v) is 3.80. The number of hydrogen-bond donors (Lipinski definition) is 1. The summed E-state index contributed by atoms with van der Waals surface area (Å²) in [5.74, 6) is -0.202. The highest BCUT2D eigenvalue weighted by Gasteiger charge is 2.26. The minimum atomic E-state index is -3.70. The van der Waals surface area contributed by atoms with Gasteiger partial charge in [-0.1, -0.05) is 39.0 Å². The van der Waals surface area contributed by atoms with E-state index < -0.39 is 10.0 Å². The van der Waals surface area contributed by atoms with Crippen molar-refractivity contribution in [2.45, 2.75) is 38.0 Å².